The zero-order chi connectivity index (χ0) is 24.2. The fourth-order valence-electron chi connectivity index (χ4n) is 10.5. The Labute approximate surface area is 201 Å². The first-order chi connectivity index (χ1) is 15.1. The number of allylic oxidation sites excluding steroid dienone is 2. The fraction of sp³-hybridized carbons (Fsp3) is 0.900. The number of hydrogen-bond acceptors (Lipinski definition) is 2. The maximum absolute atomic E-state index is 12.2. The van der Waals surface area contributed by atoms with Gasteiger partial charge < -0.3 is 10.2 Å². The summed E-state index contributed by atoms with van der Waals surface area (Å²) in [5.41, 5.74) is 1.94. The van der Waals surface area contributed by atoms with Gasteiger partial charge in [-0.1, -0.05) is 53.2 Å². The van der Waals surface area contributed by atoms with Crippen molar-refractivity contribution in [2.24, 2.45) is 50.2 Å². The van der Waals surface area contributed by atoms with E-state index < -0.39 is 11.4 Å². The third kappa shape index (κ3) is 2.87. The molecule has 0 aliphatic heterocycles. The lowest BCUT2D eigenvalue weighted by Crippen LogP contribution is -2.64. The van der Waals surface area contributed by atoms with Crippen molar-refractivity contribution < 1.29 is 15.0 Å². The molecule has 5 aliphatic rings. The van der Waals surface area contributed by atoms with E-state index in [2.05, 4.69) is 47.6 Å². The molecule has 186 valence electrons. The molecule has 33 heavy (non-hydrogen) atoms. The van der Waals surface area contributed by atoms with Gasteiger partial charge in [0.05, 0.1) is 11.5 Å². The summed E-state index contributed by atoms with van der Waals surface area (Å²) in [6, 6.07) is 0. The van der Waals surface area contributed by atoms with Crippen LogP contribution in [-0.4, -0.2) is 22.3 Å². The summed E-state index contributed by atoms with van der Waals surface area (Å²) in [4.78, 5) is 12.2. The lowest BCUT2D eigenvalue weighted by atomic mass is 9.33. The van der Waals surface area contributed by atoms with Crippen molar-refractivity contribution in [3.8, 4) is 0 Å². The van der Waals surface area contributed by atoms with E-state index >= 15 is 0 Å². The first-order valence-electron chi connectivity index (χ1n) is 13.8. The monoisotopic (exact) mass is 456 g/mol. The number of hydrogen-bond donors (Lipinski definition) is 2. The van der Waals surface area contributed by atoms with Crippen LogP contribution >= 0.6 is 0 Å². The Morgan fingerprint density at radius 3 is 2.21 bits per heavy atom. The summed E-state index contributed by atoms with van der Waals surface area (Å²) in [5.74, 6) is 1.01. The van der Waals surface area contributed by atoms with Gasteiger partial charge in [0, 0.05) is 0 Å². The Balaban J connectivity index is 1.57. The average Bonchev–Trinajstić information content (AvgIpc) is 2.73. The van der Waals surface area contributed by atoms with Crippen molar-refractivity contribution in [3.05, 3.63) is 11.6 Å². The molecule has 0 radical (unpaired) electrons. The topological polar surface area (TPSA) is 57.5 Å². The molecule has 5 aliphatic carbocycles. The number of carboxylic acids is 1. The first-order valence-corrected chi connectivity index (χ1v) is 13.8. The molecule has 0 aromatic heterocycles. The van der Waals surface area contributed by atoms with E-state index in [-0.39, 0.29) is 33.2 Å². The minimum Gasteiger partial charge on any atom is -0.481 e. The average molecular weight is 457 g/mol. The van der Waals surface area contributed by atoms with E-state index in [1.54, 1.807) is 5.57 Å². The highest BCUT2D eigenvalue weighted by molar-refractivity contribution is 5.74. The third-order valence-corrected chi connectivity index (χ3v) is 13.3. The molecule has 3 nitrogen and oxygen atoms in total. The SMILES string of the molecule is CC1(C)[C@@H](O)CC[C@]2(C)[C@H]3CC=C4[C@H]5C[C@](C)(C(=O)O)CC[C@]5(C)CC[C@@]4(C)[C@]3(C)CC[C@@H]12. The molecule has 0 bridgehead atoms. The van der Waals surface area contributed by atoms with Crippen LogP contribution in [0.3, 0.4) is 0 Å². The number of aliphatic carboxylic acids is 1. The number of fused-ring (bicyclic) bond motifs is 7. The molecule has 0 spiro atoms. The number of carbonyl (C=O) groups is 1. The molecule has 0 heterocycles. The minimum absolute atomic E-state index is 0.0168. The highest BCUT2D eigenvalue weighted by Crippen LogP contribution is 2.75. The summed E-state index contributed by atoms with van der Waals surface area (Å²) >= 11 is 0. The maximum Gasteiger partial charge on any atom is 0.309 e. The van der Waals surface area contributed by atoms with Gasteiger partial charge in [-0.25, -0.2) is 0 Å². The second kappa shape index (κ2) is 6.89. The number of carboxylic acid groups (broad SMARTS) is 1. The number of rotatable bonds is 1. The van der Waals surface area contributed by atoms with Gasteiger partial charge in [0.25, 0.3) is 0 Å². The van der Waals surface area contributed by atoms with Gasteiger partial charge in [0.1, 0.15) is 0 Å². The highest BCUT2D eigenvalue weighted by Gasteiger charge is 2.68. The molecule has 0 aromatic carbocycles. The Hall–Kier alpha value is -0.830. The Morgan fingerprint density at radius 2 is 1.55 bits per heavy atom. The molecular weight excluding hydrogens is 408 g/mol. The predicted octanol–water partition coefficient (Wildman–Crippen LogP) is 7.23. The maximum atomic E-state index is 12.2. The van der Waals surface area contributed by atoms with E-state index in [1.807, 2.05) is 6.92 Å². The van der Waals surface area contributed by atoms with Crippen LogP contribution in [-0.2, 0) is 4.79 Å². The van der Waals surface area contributed by atoms with Gasteiger partial charge in [-0.2, -0.15) is 0 Å². The van der Waals surface area contributed by atoms with Crippen LogP contribution in [0.1, 0.15) is 113 Å². The Bertz CT molecular complexity index is 889. The second-order valence-corrected chi connectivity index (χ2v) is 14.9. The summed E-state index contributed by atoms with van der Waals surface area (Å²) in [5, 5.41) is 20.9. The van der Waals surface area contributed by atoms with Crippen LogP contribution in [0.5, 0.6) is 0 Å². The predicted molar refractivity (Wildman–Crippen MR) is 133 cm³/mol. The third-order valence-electron chi connectivity index (χ3n) is 13.3. The molecule has 2 N–H and O–H groups in total. The van der Waals surface area contributed by atoms with Crippen molar-refractivity contribution >= 4 is 5.97 Å². The molecular formula is C30H48O3. The standard InChI is InChI=1S/C30H48O3/c1-25(2)21-10-13-30(7)22(28(21,5)12-11-23(25)31)9-8-19-20-18-27(4,24(32)33)15-14-26(20,3)16-17-29(19,30)6/h8,20-23,31H,9-18H2,1-7H3,(H,32,33)/t20-,21+,22-,23+,26-,27-,28+,29-,30-/m1/s1. The van der Waals surface area contributed by atoms with E-state index in [0.717, 1.165) is 38.5 Å². The molecule has 4 saturated carbocycles. The van der Waals surface area contributed by atoms with Crippen molar-refractivity contribution in [1.82, 2.24) is 0 Å². The van der Waals surface area contributed by atoms with E-state index in [1.165, 1.54) is 25.7 Å². The molecule has 5 rings (SSSR count). The lowest BCUT2D eigenvalue weighted by Gasteiger charge is -2.71. The second-order valence-electron chi connectivity index (χ2n) is 14.9. The molecule has 0 amide bonds. The quantitative estimate of drug-likeness (QED) is 0.409. The van der Waals surface area contributed by atoms with Gasteiger partial charge >= 0.3 is 5.97 Å². The summed E-state index contributed by atoms with van der Waals surface area (Å²) < 4.78 is 0. The fourth-order valence-corrected chi connectivity index (χ4v) is 10.5. The van der Waals surface area contributed by atoms with Crippen molar-refractivity contribution in [2.45, 2.75) is 119 Å². The van der Waals surface area contributed by atoms with Crippen LogP contribution in [0.25, 0.3) is 0 Å². The number of aliphatic hydroxyl groups excluding tert-OH is 1. The van der Waals surface area contributed by atoms with Gasteiger partial charge in [0.15, 0.2) is 0 Å². The van der Waals surface area contributed by atoms with Crippen molar-refractivity contribution in [1.29, 1.82) is 0 Å². The molecule has 0 saturated heterocycles. The smallest absolute Gasteiger partial charge is 0.309 e. The Kier molecular flexibility index (Phi) is 4.99. The lowest BCUT2D eigenvalue weighted by molar-refractivity contribution is -0.203. The molecule has 3 heteroatoms. The highest BCUT2D eigenvalue weighted by atomic mass is 16.4. The van der Waals surface area contributed by atoms with Crippen molar-refractivity contribution in [2.75, 3.05) is 0 Å². The van der Waals surface area contributed by atoms with Gasteiger partial charge in [-0.15, -0.1) is 0 Å². The van der Waals surface area contributed by atoms with Crippen LogP contribution in [0, 0.1) is 50.2 Å². The van der Waals surface area contributed by atoms with Gasteiger partial charge in [0.2, 0.25) is 0 Å². The normalized spacial score (nSPS) is 55.3. The molecule has 9 atom stereocenters. The van der Waals surface area contributed by atoms with Crippen LogP contribution < -0.4 is 0 Å². The summed E-state index contributed by atoms with van der Waals surface area (Å²) in [6.07, 6.45) is 13.2. The van der Waals surface area contributed by atoms with E-state index in [9.17, 15) is 15.0 Å². The zero-order valence-electron chi connectivity index (χ0n) is 22.3. The van der Waals surface area contributed by atoms with Crippen molar-refractivity contribution in [3.63, 3.8) is 0 Å². The largest absolute Gasteiger partial charge is 0.481 e. The summed E-state index contributed by atoms with van der Waals surface area (Å²) in [6.45, 7) is 16.8. The first kappa shape index (κ1) is 23.9. The molecule has 4 fully saturated rings. The molecule has 0 aromatic rings. The zero-order valence-corrected chi connectivity index (χ0v) is 22.3. The van der Waals surface area contributed by atoms with E-state index in [4.69, 9.17) is 0 Å². The van der Waals surface area contributed by atoms with Gasteiger partial charge in [-0.3, -0.25) is 4.79 Å². The molecule has 0 unspecified atom stereocenters. The van der Waals surface area contributed by atoms with Crippen LogP contribution in [0.2, 0.25) is 0 Å². The van der Waals surface area contributed by atoms with Gasteiger partial charge in [-0.05, 0) is 116 Å². The minimum atomic E-state index is -0.603. The van der Waals surface area contributed by atoms with Crippen LogP contribution in [0.15, 0.2) is 11.6 Å². The number of aliphatic hydroxyl groups is 1. The summed E-state index contributed by atoms with van der Waals surface area (Å²) in [7, 11) is 0. The Morgan fingerprint density at radius 1 is 0.879 bits per heavy atom. The van der Waals surface area contributed by atoms with E-state index in [0.29, 0.717) is 17.8 Å². The van der Waals surface area contributed by atoms with Crippen LogP contribution in [0.4, 0.5) is 0 Å².